The van der Waals surface area contributed by atoms with Gasteiger partial charge in [0.2, 0.25) is 0 Å². The van der Waals surface area contributed by atoms with Crippen LogP contribution in [0, 0.1) is 5.82 Å². The van der Waals surface area contributed by atoms with E-state index in [1.165, 1.54) is 6.07 Å². The lowest BCUT2D eigenvalue weighted by Gasteiger charge is -2.04. The molecule has 100 valence electrons. The average Bonchev–Trinajstić information content (AvgIpc) is 2.77. The smallest absolute Gasteiger partial charge is 0.133 e. The lowest BCUT2D eigenvalue weighted by Crippen LogP contribution is -2.26. The molecule has 1 aromatic heterocycles. The second-order valence-corrected chi connectivity index (χ2v) is 4.75. The van der Waals surface area contributed by atoms with E-state index in [1.807, 2.05) is 25.3 Å². The van der Waals surface area contributed by atoms with Gasteiger partial charge < -0.3 is 4.98 Å². The third kappa shape index (κ3) is 1.92. The highest BCUT2D eigenvalue weighted by molar-refractivity contribution is 5.78. The Hall–Kier alpha value is -2.42. The van der Waals surface area contributed by atoms with Crippen molar-refractivity contribution in [2.45, 2.75) is 6.92 Å². The van der Waals surface area contributed by atoms with Crippen molar-refractivity contribution in [2.24, 2.45) is 4.99 Å². The zero-order valence-corrected chi connectivity index (χ0v) is 11.3. The Morgan fingerprint density at radius 2 is 2.10 bits per heavy atom. The number of rotatable bonds is 2. The lowest BCUT2D eigenvalue weighted by atomic mass is 10.00. The largest absolute Gasteiger partial charge is 0.346 e. The second-order valence-electron chi connectivity index (χ2n) is 4.75. The molecule has 1 aliphatic rings. The summed E-state index contributed by atoms with van der Waals surface area (Å²) in [5.74, 6) is -0.233. The van der Waals surface area contributed by atoms with Gasteiger partial charge in [-0.25, -0.2) is 4.39 Å². The first-order valence-corrected chi connectivity index (χ1v) is 6.53. The van der Waals surface area contributed by atoms with E-state index in [0.717, 1.165) is 27.4 Å². The number of H-pyrrole nitrogens is 1. The van der Waals surface area contributed by atoms with Crippen molar-refractivity contribution in [3.05, 3.63) is 71.3 Å². The standard InChI is InChI=1S/C17H15FN2/c1-3-12-11(2)8-9-19-17-16(12)14(10-20-17)13-6-4-5-7-15(13)18/h3-8,10H,1,9H2,2H3,(H,19,20). The first kappa shape index (κ1) is 12.6. The van der Waals surface area contributed by atoms with E-state index >= 15 is 0 Å². The molecule has 3 heteroatoms. The van der Waals surface area contributed by atoms with Crippen LogP contribution in [0.2, 0.25) is 0 Å². The topological polar surface area (TPSA) is 28.1 Å². The van der Waals surface area contributed by atoms with Crippen molar-refractivity contribution in [3.8, 4) is 11.1 Å². The first-order chi connectivity index (χ1) is 9.72. The van der Waals surface area contributed by atoms with Gasteiger partial charge in [0.05, 0.1) is 6.54 Å². The van der Waals surface area contributed by atoms with Gasteiger partial charge in [0, 0.05) is 22.5 Å². The summed E-state index contributed by atoms with van der Waals surface area (Å²) in [5, 5.41) is 0.927. The van der Waals surface area contributed by atoms with Gasteiger partial charge >= 0.3 is 0 Å². The molecule has 1 N–H and O–H groups in total. The minimum Gasteiger partial charge on any atom is -0.346 e. The third-order valence-corrected chi connectivity index (χ3v) is 3.57. The molecule has 0 amide bonds. The van der Waals surface area contributed by atoms with Gasteiger partial charge in [-0.05, 0) is 24.1 Å². The molecular formula is C17H15FN2. The van der Waals surface area contributed by atoms with Crippen LogP contribution in [0.5, 0.6) is 0 Å². The van der Waals surface area contributed by atoms with Gasteiger partial charge in [-0.15, -0.1) is 0 Å². The van der Waals surface area contributed by atoms with Gasteiger partial charge in [0.25, 0.3) is 0 Å². The Bertz CT molecular complexity index is 825. The number of aromatic nitrogens is 1. The number of fused-ring (bicyclic) bond motifs is 1. The molecule has 0 saturated heterocycles. The monoisotopic (exact) mass is 266 g/mol. The Morgan fingerprint density at radius 1 is 1.30 bits per heavy atom. The van der Waals surface area contributed by atoms with E-state index in [2.05, 4.69) is 22.6 Å². The number of nitrogens with zero attached hydrogens (tertiary/aromatic N) is 1. The summed E-state index contributed by atoms with van der Waals surface area (Å²) < 4.78 is 14.1. The molecule has 0 spiro atoms. The molecule has 0 saturated carbocycles. The molecule has 0 bridgehead atoms. The van der Waals surface area contributed by atoms with Crippen LogP contribution in [-0.4, -0.2) is 11.5 Å². The summed E-state index contributed by atoms with van der Waals surface area (Å²) in [6, 6.07) is 6.78. The molecule has 20 heavy (non-hydrogen) atoms. The number of benzene rings is 1. The summed E-state index contributed by atoms with van der Waals surface area (Å²) in [7, 11) is 0. The third-order valence-electron chi connectivity index (χ3n) is 3.57. The summed E-state index contributed by atoms with van der Waals surface area (Å²) in [6.45, 7) is 6.53. The van der Waals surface area contributed by atoms with Crippen molar-refractivity contribution in [3.63, 3.8) is 0 Å². The quantitative estimate of drug-likeness (QED) is 0.866. The lowest BCUT2D eigenvalue weighted by molar-refractivity contribution is 0.631. The zero-order valence-electron chi connectivity index (χ0n) is 11.3. The van der Waals surface area contributed by atoms with Crippen LogP contribution >= 0.6 is 0 Å². The SMILES string of the molecule is C=CC1=c2c(-c3ccccc3F)c[nH]c2=NCC=C1C. The zero-order chi connectivity index (χ0) is 14.1. The highest BCUT2D eigenvalue weighted by Gasteiger charge is 2.12. The summed E-state index contributed by atoms with van der Waals surface area (Å²) >= 11 is 0. The molecule has 0 atom stereocenters. The predicted molar refractivity (Wildman–Crippen MR) is 79.2 cm³/mol. The molecule has 0 unspecified atom stereocenters. The number of allylic oxidation sites excluding steroid dienone is 2. The van der Waals surface area contributed by atoms with Crippen LogP contribution in [-0.2, 0) is 0 Å². The fourth-order valence-electron chi connectivity index (χ4n) is 2.55. The van der Waals surface area contributed by atoms with E-state index in [1.54, 1.807) is 12.1 Å². The molecule has 3 rings (SSSR count). The van der Waals surface area contributed by atoms with E-state index in [-0.39, 0.29) is 5.82 Å². The number of nitrogens with one attached hydrogen (secondary N) is 1. The number of hydrogen-bond donors (Lipinski definition) is 1. The normalized spacial score (nSPS) is 14.1. The summed E-state index contributed by atoms with van der Waals surface area (Å²) in [5.41, 5.74) is 4.30. The van der Waals surface area contributed by atoms with Crippen LogP contribution in [0.3, 0.4) is 0 Å². The fraction of sp³-hybridized carbons (Fsp3) is 0.118. The van der Waals surface area contributed by atoms with Crippen molar-refractivity contribution < 1.29 is 4.39 Å². The molecule has 2 nitrogen and oxygen atoms in total. The van der Waals surface area contributed by atoms with Crippen molar-refractivity contribution in [2.75, 3.05) is 6.54 Å². The van der Waals surface area contributed by atoms with Crippen LogP contribution < -0.4 is 10.7 Å². The van der Waals surface area contributed by atoms with E-state index in [0.29, 0.717) is 12.1 Å². The molecular weight excluding hydrogens is 251 g/mol. The van der Waals surface area contributed by atoms with Gasteiger partial charge in [-0.2, -0.15) is 0 Å². The Balaban J connectivity index is 2.44. The predicted octanol–water partition coefficient (Wildman–Crippen LogP) is 2.74. The molecule has 1 aliphatic heterocycles. The highest BCUT2D eigenvalue weighted by Crippen LogP contribution is 2.20. The number of hydrogen-bond acceptors (Lipinski definition) is 1. The fourth-order valence-corrected chi connectivity index (χ4v) is 2.55. The molecule has 0 aliphatic carbocycles. The van der Waals surface area contributed by atoms with Crippen LogP contribution in [0.4, 0.5) is 4.39 Å². The molecule has 2 heterocycles. The number of halogens is 1. The Labute approximate surface area is 116 Å². The number of aromatic amines is 1. The van der Waals surface area contributed by atoms with Crippen molar-refractivity contribution in [1.29, 1.82) is 0 Å². The maximum atomic E-state index is 14.1. The summed E-state index contributed by atoms with van der Waals surface area (Å²) in [6.07, 6.45) is 5.67. The Kier molecular flexibility index (Phi) is 3.11. The molecule has 0 fully saturated rings. The van der Waals surface area contributed by atoms with Gasteiger partial charge in [0.1, 0.15) is 11.3 Å². The maximum Gasteiger partial charge on any atom is 0.133 e. The Morgan fingerprint density at radius 3 is 2.85 bits per heavy atom. The van der Waals surface area contributed by atoms with Gasteiger partial charge in [-0.3, -0.25) is 4.99 Å². The molecule has 0 radical (unpaired) electrons. The highest BCUT2D eigenvalue weighted by atomic mass is 19.1. The first-order valence-electron chi connectivity index (χ1n) is 6.53. The van der Waals surface area contributed by atoms with Gasteiger partial charge in [-0.1, -0.05) is 36.9 Å². The van der Waals surface area contributed by atoms with Crippen LogP contribution in [0.15, 0.2) is 59.8 Å². The molecule has 2 aromatic rings. The van der Waals surface area contributed by atoms with Gasteiger partial charge in [0.15, 0.2) is 0 Å². The molecule has 1 aromatic carbocycles. The summed E-state index contributed by atoms with van der Waals surface area (Å²) in [4.78, 5) is 7.63. The van der Waals surface area contributed by atoms with Crippen LogP contribution in [0.25, 0.3) is 16.7 Å². The minimum atomic E-state index is -0.233. The van der Waals surface area contributed by atoms with Crippen molar-refractivity contribution >= 4 is 5.57 Å². The maximum absolute atomic E-state index is 14.1. The van der Waals surface area contributed by atoms with E-state index in [4.69, 9.17) is 0 Å². The minimum absolute atomic E-state index is 0.233. The van der Waals surface area contributed by atoms with E-state index < -0.39 is 0 Å². The average molecular weight is 266 g/mol. The van der Waals surface area contributed by atoms with Crippen molar-refractivity contribution in [1.82, 2.24) is 4.98 Å². The van der Waals surface area contributed by atoms with E-state index in [9.17, 15) is 4.39 Å². The second kappa shape index (κ2) is 4.93. The van der Waals surface area contributed by atoms with Crippen LogP contribution in [0.1, 0.15) is 6.92 Å².